The average molecular weight is 472 g/mol. The minimum atomic E-state index is -0.758. The molecule has 1 atom stereocenters. The zero-order chi connectivity index (χ0) is 23.9. The summed E-state index contributed by atoms with van der Waals surface area (Å²) in [5, 5.41) is 15.5. The molecule has 2 N–H and O–H groups in total. The lowest BCUT2D eigenvalue weighted by atomic mass is 9.92. The Balaban J connectivity index is 1.69. The van der Waals surface area contributed by atoms with Crippen molar-refractivity contribution in [2.75, 3.05) is 0 Å². The summed E-state index contributed by atoms with van der Waals surface area (Å²) in [5.74, 6) is -0.544. The highest BCUT2D eigenvalue weighted by molar-refractivity contribution is 6.31. The monoisotopic (exact) mass is 471 g/mol. The van der Waals surface area contributed by atoms with E-state index in [1.54, 1.807) is 30.3 Å². The van der Waals surface area contributed by atoms with Crippen molar-refractivity contribution in [3.63, 3.8) is 0 Å². The van der Waals surface area contributed by atoms with Gasteiger partial charge in [-0.2, -0.15) is 5.26 Å². The summed E-state index contributed by atoms with van der Waals surface area (Å²) in [6, 6.07) is 24.6. The standard InChI is InChI=1S/C27H22ClN3O3/c28-22-12-5-4-10-20(22)13-14-23-24(26(32)34-17-18-7-2-1-3-8-18)25(31-27(33)30-23)21-11-6-9-19(15-21)16-29/h1-12,15,25H,13-14,17H2,(H2,30,31,33). The molecular formula is C27H22ClN3O3. The first kappa shape index (κ1) is 23.1. The summed E-state index contributed by atoms with van der Waals surface area (Å²) < 4.78 is 5.64. The topological polar surface area (TPSA) is 91.2 Å². The first-order valence-electron chi connectivity index (χ1n) is 10.8. The molecule has 7 heteroatoms. The normalized spacial score (nSPS) is 15.2. The van der Waals surface area contributed by atoms with Crippen LogP contribution in [0.4, 0.5) is 4.79 Å². The third-order valence-corrected chi connectivity index (χ3v) is 5.91. The largest absolute Gasteiger partial charge is 0.457 e. The van der Waals surface area contributed by atoms with Crippen LogP contribution in [-0.2, 0) is 22.6 Å². The van der Waals surface area contributed by atoms with Crippen LogP contribution in [0.2, 0.25) is 5.02 Å². The molecule has 1 aliphatic heterocycles. The van der Waals surface area contributed by atoms with Gasteiger partial charge in [-0.05, 0) is 47.7 Å². The number of aryl methyl sites for hydroxylation is 1. The molecule has 1 unspecified atom stereocenters. The van der Waals surface area contributed by atoms with Crippen LogP contribution >= 0.6 is 11.6 Å². The zero-order valence-electron chi connectivity index (χ0n) is 18.3. The second-order valence-electron chi connectivity index (χ2n) is 7.81. The number of urea groups is 1. The molecule has 3 aromatic carbocycles. The number of nitriles is 1. The Kier molecular flexibility index (Phi) is 7.26. The van der Waals surface area contributed by atoms with Crippen molar-refractivity contribution in [1.29, 1.82) is 5.26 Å². The third-order valence-electron chi connectivity index (χ3n) is 5.54. The summed E-state index contributed by atoms with van der Waals surface area (Å²) in [6.07, 6.45) is 0.900. The van der Waals surface area contributed by atoms with Gasteiger partial charge in [0.25, 0.3) is 0 Å². The van der Waals surface area contributed by atoms with Gasteiger partial charge in [0, 0.05) is 10.7 Å². The number of carbonyl (C=O) groups excluding carboxylic acids is 2. The number of ether oxygens (including phenoxy) is 1. The first-order chi connectivity index (χ1) is 16.5. The van der Waals surface area contributed by atoms with Crippen LogP contribution in [0.15, 0.2) is 90.1 Å². The molecular weight excluding hydrogens is 450 g/mol. The number of carbonyl (C=O) groups is 2. The lowest BCUT2D eigenvalue weighted by Gasteiger charge is -2.29. The van der Waals surface area contributed by atoms with Gasteiger partial charge in [0.1, 0.15) is 6.61 Å². The number of hydrogen-bond donors (Lipinski definition) is 2. The Labute approximate surface area is 202 Å². The van der Waals surface area contributed by atoms with Gasteiger partial charge < -0.3 is 15.4 Å². The van der Waals surface area contributed by atoms with Gasteiger partial charge in [-0.1, -0.05) is 72.3 Å². The average Bonchev–Trinajstić information content (AvgIpc) is 2.87. The van der Waals surface area contributed by atoms with Crippen molar-refractivity contribution in [3.05, 3.63) is 117 Å². The van der Waals surface area contributed by atoms with Gasteiger partial charge in [-0.3, -0.25) is 0 Å². The minimum Gasteiger partial charge on any atom is -0.457 e. The molecule has 0 fully saturated rings. The van der Waals surface area contributed by atoms with E-state index in [0.29, 0.717) is 40.3 Å². The second kappa shape index (κ2) is 10.7. The highest BCUT2D eigenvalue weighted by atomic mass is 35.5. The predicted molar refractivity (Wildman–Crippen MR) is 129 cm³/mol. The first-order valence-corrected chi connectivity index (χ1v) is 11.2. The number of nitrogens with one attached hydrogen (secondary N) is 2. The van der Waals surface area contributed by atoms with E-state index in [1.165, 1.54) is 0 Å². The molecule has 34 heavy (non-hydrogen) atoms. The Morgan fingerprint density at radius 3 is 2.53 bits per heavy atom. The van der Waals surface area contributed by atoms with Gasteiger partial charge in [-0.25, -0.2) is 9.59 Å². The second-order valence-corrected chi connectivity index (χ2v) is 8.22. The van der Waals surface area contributed by atoms with Crippen LogP contribution in [0.3, 0.4) is 0 Å². The zero-order valence-corrected chi connectivity index (χ0v) is 19.0. The molecule has 170 valence electrons. The van der Waals surface area contributed by atoms with Gasteiger partial charge in [0.2, 0.25) is 0 Å². The number of halogens is 1. The molecule has 6 nitrogen and oxygen atoms in total. The minimum absolute atomic E-state index is 0.0971. The van der Waals surface area contributed by atoms with E-state index in [-0.39, 0.29) is 6.61 Å². The summed E-state index contributed by atoms with van der Waals surface area (Å²) in [7, 11) is 0. The highest BCUT2D eigenvalue weighted by Crippen LogP contribution is 2.31. The highest BCUT2D eigenvalue weighted by Gasteiger charge is 2.33. The van der Waals surface area contributed by atoms with E-state index < -0.39 is 18.0 Å². The molecule has 1 heterocycles. The Morgan fingerprint density at radius 1 is 1.00 bits per heavy atom. The SMILES string of the molecule is N#Cc1cccc(C2NC(=O)NC(CCc3ccccc3Cl)=C2C(=O)OCc2ccccc2)c1. The molecule has 4 rings (SSSR count). The molecule has 0 radical (unpaired) electrons. The molecule has 0 saturated carbocycles. The van der Waals surface area contributed by atoms with Crippen LogP contribution in [0.1, 0.15) is 34.7 Å². The van der Waals surface area contributed by atoms with Crippen LogP contribution in [0, 0.1) is 11.3 Å². The van der Waals surface area contributed by atoms with Crippen LogP contribution in [0.25, 0.3) is 0 Å². The van der Waals surface area contributed by atoms with E-state index in [0.717, 1.165) is 11.1 Å². The number of hydrogen-bond acceptors (Lipinski definition) is 4. The fourth-order valence-corrected chi connectivity index (χ4v) is 4.09. The van der Waals surface area contributed by atoms with Gasteiger partial charge in [0.05, 0.1) is 23.2 Å². The van der Waals surface area contributed by atoms with Crippen molar-refractivity contribution in [2.45, 2.75) is 25.5 Å². The molecule has 1 aliphatic rings. The van der Waals surface area contributed by atoms with E-state index in [1.807, 2.05) is 48.5 Å². The van der Waals surface area contributed by atoms with Crippen molar-refractivity contribution < 1.29 is 14.3 Å². The van der Waals surface area contributed by atoms with E-state index >= 15 is 0 Å². The summed E-state index contributed by atoms with van der Waals surface area (Å²) in [6.45, 7) is 0.0971. The van der Waals surface area contributed by atoms with Crippen LogP contribution < -0.4 is 10.6 Å². The molecule has 0 bridgehead atoms. The lowest BCUT2D eigenvalue weighted by molar-refractivity contribution is -0.140. The molecule has 0 saturated heterocycles. The van der Waals surface area contributed by atoms with Crippen molar-refractivity contribution in [3.8, 4) is 6.07 Å². The third kappa shape index (κ3) is 5.45. The number of esters is 1. The summed E-state index contributed by atoms with van der Waals surface area (Å²) in [5.41, 5.74) is 3.58. The quantitative estimate of drug-likeness (QED) is 0.463. The molecule has 0 aromatic heterocycles. The maximum atomic E-state index is 13.3. The fourth-order valence-electron chi connectivity index (χ4n) is 3.86. The van der Waals surface area contributed by atoms with Gasteiger partial charge >= 0.3 is 12.0 Å². The summed E-state index contributed by atoms with van der Waals surface area (Å²) in [4.78, 5) is 25.9. The summed E-state index contributed by atoms with van der Waals surface area (Å²) >= 11 is 6.31. The number of benzene rings is 3. The predicted octanol–water partition coefficient (Wildman–Crippen LogP) is 5.20. The maximum Gasteiger partial charge on any atom is 0.338 e. The Hall–Kier alpha value is -4.08. The molecule has 3 aromatic rings. The number of amides is 2. The molecule has 0 spiro atoms. The number of nitrogens with zero attached hydrogens (tertiary/aromatic N) is 1. The maximum absolute atomic E-state index is 13.3. The van der Waals surface area contributed by atoms with Crippen LogP contribution in [0.5, 0.6) is 0 Å². The smallest absolute Gasteiger partial charge is 0.338 e. The number of allylic oxidation sites excluding steroid dienone is 1. The molecule has 0 aliphatic carbocycles. The number of rotatable bonds is 7. The fraction of sp³-hybridized carbons (Fsp3) is 0.148. The van der Waals surface area contributed by atoms with Gasteiger partial charge in [0.15, 0.2) is 0 Å². The van der Waals surface area contributed by atoms with E-state index in [9.17, 15) is 14.9 Å². The van der Waals surface area contributed by atoms with Crippen molar-refractivity contribution >= 4 is 23.6 Å². The van der Waals surface area contributed by atoms with Crippen LogP contribution in [-0.4, -0.2) is 12.0 Å². The van der Waals surface area contributed by atoms with Crippen molar-refractivity contribution in [1.82, 2.24) is 10.6 Å². The Morgan fingerprint density at radius 2 is 1.76 bits per heavy atom. The van der Waals surface area contributed by atoms with Crippen molar-refractivity contribution in [2.24, 2.45) is 0 Å². The lowest BCUT2D eigenvalue weighted by Crippen LogP contribution is -2.46. The Bertz CT molecular complexity index is 1280. The van der Waals surface area contributed by atoms with E-state index in [4.69, 9.17) is 16.3 Å². The van der Waals surface area contributed by atoms with Gasteiger partial charge in [-0.15, -0.1) is 0 Å². The van der Waals surface area contributed by atoms with E-state index in [2.05, 4.69) is 16.7 Å². The molecule has 2 amide bonds.